The van der Waals surface area contributed by atoms with Gasteiger partial charge in [-0.3, -0.25) is 15.1 Å². The van der Waals surface area contributed by atoms with Gasteiger partial charge < -0.3 is 10.5 Å². The maximum atomic E-state index is 10.9. The third kappa shape index (κ3) is 5.12. The van der Waals surface area contributed by atoms with Crippen molar-refractivity contribution >= 4 is 5.69 Å². The Hall–Kier alpha value is -3.25. The molecule has 0 spiro atoms. The minimum absolute atomic E-state index is 0.0761. The van der Waals surface area contributed by atoms with E-state index in [0.29, 0.717) is 6.54 Å². The molecule has 0 fully saturated rings. The predicted molar refractivity (Wildman–Crippen MR) is 105 cm³/mol. The summed E-state index contributed by atoms with van der Waals surface area (Å²) in [6.07, 6.45) is 5.16. The van der Waals surface area contributed by atoms with Crippen molar-refractivity contribution in [1.29, 1.82) is 0 Å². The van der Waals surface area contributed by atoms with Gasteiger partial charge in [-0.2, -0.15) is 0 Å². The van der Waals surface area contributed by atoms with Crippen LogP contribution in [0.15, 0.2) is 73.1 Å². The number of nitro groups is 1. The second-order valence-corrected chi connectivity index (χ2v) is 6.20. The van der Waals surface area contributed by atoms with Crippen molar-refractivity contribution in [2.24, 2.45) is 5.73 Å². The van der Waals surface area contributed by atoms with Crippen LogP contribution < -0.4 is 10.5 Å². The molecule has 0 aliphatic rings. The monoisotopic (exact) mass is 363 g/mol. The van der Waals surface area contributed by atoms with E-state index < -0.39 is 4.92 Å². The van der Waals surface area contributed by atoms with Crippen molar-refractivity contribution in [1.82, 2.24) is 4.98 Å². The molecule has 0 saturated heterocycles. The summed E-state index contributed by atoms with van der Waals surface area (Å²) in [4.78, 5) is 14.5. The van der Waals surface area contributed by atoms with Crippen LogP contribution in [0.25, 0.3) is 11.1 Å². The van der Waals surface area contributed by atoms with E-state index in [0.717, 1.165) is 29.7 Å². The first kappa shape index (κ1) is 18.5. The largest absolute Gasteiger partial charge is 0.489 e. The van der Waals surface area contributed by atoms with Crippen LogP contribution in [0.5, 0.6) is 5.75 Å². The molecule has 0 aliphatic carbocycles. The van der Waals surface area contributed by atoms with Crippen LogP contribution in [-0.2, 0) is 6.42 Å². The van der Waals surface area contributed by atoms with Crippen LogP contribution in [0.3, 0.4) is 0 Å². The summed E-state index contributed by atoms with van der Waals surface area (Å²) in [7, 11) is 0. The number of aromatic nitrogens is 1. The molecule has 0 bridgehead atoms. The maximum Gasteiger partial charge on any atom is 0.270 e. The van der Waals surface area contributed by atoms with Crippen molar-refractivity contribution in [2.75, 3.05) is 6.54 Å². The second kappa shape index (κ2) is 8.91. The summed E-state index contributed by atoms with van der Waals surface area (Å²) in [5.74, 6) is 0.731. The Bertz CT molecular complexity index is 883. The van der Waals surface area contributed by atoms with Crippen LogP contribution in [0.1, 0.15) is 12.0 Å². The first-order chi connectivity index (χ1) is 13.2. The molecule has 0 amide bonds. The predicted octanol–water partition coefficient (Wildman–Crippen LogP) is 4.00. The summed E-state index contributed by atoms with van der Waals surface area (Å²) in [6.45, 7) is 0.428. The number of non-ortho nitro benzene ring substituents is 1. The maximum absolute atomic E-state index is 10.9. The summed E-state index contributed by atoms with van der Waals surface area (Å²) in [5, 5.41) is 10.9. The van der Waals surface area contributed by atoms with Crippen molar-refractivity contribution in [3.63, 3.8) is 0 Å². The third-order valence-corrected chi connectivity index (χ3v) is 4.31. The molecule has 0 saturated carbocycles. The highest BCUT2D eigenvalue weighted by Gasteiger charge is 2.10. The van der Waals surface area contributed by atoms with Crippen LogP contribution in [-0.4, -0.2) is 22.6 Å². The Morgan fingerprint density at radius 1 is 1.04 bits per heavy atom. The Morgan fingerprint density at radius 3 is 2.44 bits per heavy atom. The zero-order valence-electron chi connectivity index (χ0n) is 14.8. The molecule has 0 aliphatic heterocycles. The Kier molecular flexibility index (Phi) is 6.12. The van der Waals surface area contributed by atoms with Gasteiger partial charge in [-0.25, -0.2) is 0 Å². The molecule has 2 aromatic carbocycles. The number of nitrogens with two attached hydrogens (primary N) is 1. The van der Waals surface area contributed by atoms with E-state index in [9.17, 15) is 10.1 Å². The molecule has 6 heteroatoms. The molecule has 1 atom stereocenters. The van der Waals surface area contributed by atoms with Gasteiger partial charge in [0.2, 0.25) is 0 Å². The van der Waals surface area contributed by atoms with E-state index in [4.69, 9.17) is 10.5 Å². The Balaban J connectivity index is 1.64. The highest BCUT2D eigenvalue weighted by molar-refractivity contribution is 5.66. The average molecular weight is 363 g/mol. The number of rotatable bonds is 8. The number of hydrogen-bond donors (Lipinski definition) is 1. The van der Waals surface area contributed by atoms with Gasteiger partial charge in [0.25, 0.3) is 5.69 Å². The molecular formula is C21H21N3O3. The lowest BCUT2D eigenvalue weighted by molar-refractivity contribution is -0.384. The van der Waals surface area contributed by atoms with Crippen LogP contribution in [0.4, 0.5) is 5.69 Å². The topological polar surface area (TPSA) is 91.3 Å². The van der Waals surface area contributed by atoms with Gasteiger partial charge >= 0.3 is 0 Å². The zero-order valence-corrected chi connectivity index (χ0v) is 14.8. The van der Waals surface area contributed by atoms with Crippen LogP contribution in [0, 0.1) is 10.1 Å². The number of pyridine rings is 1. The number of benzene rings is 2. The molecular weight excluding hydrogens is 342 g/mol. The van der Waals surface area contributed by atoms with Crippen LogP contribution >= 0.6 is 0 Å². The number of aryl methyl sites for hydroxylation is 1. The van der Waals surface area contributed by atoms with Crippen molar-refractivity contribution in [2.45, 2.75) is 18.9 Å². The summed E-state index contributed by atoms with van der Waals surface area (Å²) < 4.78 is 5.99. The molecule has 27 heavy (non-hydrogen) atoms. The molecule has 6 nitrogen and oxygen atoms in total. The minimum atomic E-state index is -0.393. The molecule has 3 rings (SSSR count). The normalized spacial score (nSPS) is 11.7. The standard InChI is InChI=1S/C21H21N3O3/c22-15-21(7-4-16-10-12-23-13-11-16)27-20-8-5-17(6-9-20)18-2-1-3-19(14-18)24(25)26/h1-3,5-6,8-14,21H,4,7,15,22H2. The lowest BCUT2D eigenvalue weighted by Crippen LogP contribution is -2.27. The van der Waals surface area contributed by atoms with E-state index in [1.807, 2.05) is 42.5 Å². The average Bonchev–Trinajstić information content (AvgIpc) is 2.72. The number of ether oxygens (including phenoxy) is 1. The van der Waals surface area contributed by atoms with Gasteiger partial charge in [0, 0.05) is 31.1 Å². The first-order valence-corrected chi connectivity index (χ1v) is 8.76. The van der Waals surface area contributed by atoms with Gasteiger partial charge in [-0.05, 0) is 53.8 Å². The molecule has 1 heterocycles. The van der Waals surface area contributed by atoms with Gasteiger partial charge in [0.1, 0.15) is 11.9 Å². The molecule has 1 unspecified atom stereocenters. The van der Waals surface area contributed by atoms with E-state index in [2.05, 4.69) is 4.98 Å². The fourth-order valence-corrected chi connectivity index (χ4v) is 2.82. The van der Waals surface area contributed by atoms with Crippen molar-refractivity contribution < 1.29 is 9.66 Å². The zero-order chi connectivity index (χ0) is 19.1. The van der Waals surface area contributed by atoms with Crippen molar-refractivity contribution in [3.05, 3.63) is 88.7 Å². The number of nitro benzene ring substituents is 1. The van der Waals surface area contributed by atoms with E-state index in [1.165, 1.54) is 11.6 Å². The Morgan fingerprint density at radius 2 is 1.78 bits per heavy atom. The first-order valence-electron chi connectivity index (χ1n) is 8.76. The molecule has 0 radical (unpaired) electrons. The molecule has 3 aromatic rings. The number of nitrogens with zero attached hydrogens (tertiary/aromatic N) is 2. The SMILES string of the molecule is NCC(CCc1ccncc1)Oc1ccc(-c2cccc([N+](=O)[O-])c2)cc1. The number of hydrogen-bond acceptors (Lipinski definition) is 5. The summed E-state index contributed by atoms with van der Waals surface area (Å²) in [6, 6.07) is 18.1. The van der Waals surface area contributed by atoms with E-state index in [1.54, 1.807) is 24.5 Å². The summed E-state index contributed by atoms with van der Waals surface area (Å²) in [5.41, 5.74) is 8.82. The second-order valence-electron chi connectivity index (χ2n) is 6.20. The van der Waals surface area contributed by atoms with Gasteiger partial charge in [-0.15, -0.1) is 0 Å². The van der Waals surface area contributed by atoms with E-state index in [-0.39, 0.29) is 11.8 Å². The third-order valence-electron chi connectivity index (χ3n) is 4.31. The highest BCUT2D eigenvalue weighted by atomic mass is 16.6. The smallest absolute Gasteiger partial charge is 0.270 e. The van der Waals surface area contributed by atoms with Gasteiger partial charge in [-0.1, -0.05) is 24.3 Å². The van der Waals surface area contributed by atoms with Gasteiger partial charge in [0.05, 0.1) is 4.92 Å². The molecule has 2 N–H and O–H groups in total. The van der Waals surface area contributed by atoms with Gasteiger partial charge in [0.15, 0.2) is 0 Å². The quantitative estimate of drug-likeness (QED) is 0.482. The molecule has 138 valence electrons. The fraction of sp³-hybridized carbons (Fsp3) is 0.190. The fourth-order valence-electron chi connectivity index (χ4n) is 2.82. The van der Waals surface area contributed by atoms with Crippen LogP contribution in [0.2, 0.25) is 0 Å². The van der Waals surface area contributed by atoms with E-state index >= 15 is 0 Å². The van der Waals surface area contributed by atoms with Crippen molar-refractivity contribution in [3.8, 4) is 16.9 Å². The lowest BCUT2D eigenvalue weighted by atomic mass is 10.0. The molecule has 1 aromatic heterocycles. The Labute approximate surface area is 157 Å². The highest BCUT2D eigenvalue weighted by Crippen LogP contribution is 2.26. The lowest BCUT2D eigenvalue weighted by Gasteiger charge is -2.17. The minimum Gasteiger partial charge on any atom is -0.489 e. The summed E-state index contributed by atoms with van der Waals surface area (Å²) >= 11 is 0.